The van der Waals surface area contributed by atoms with Gasteiger partial charge in [0.15, 0.2) is 0 Å². The summed E-state index contributed by atoms with van der Waals surface area (Å²) in [7, 11) is 0. The molecule has 3 aromatic rings. The molecule has 0 atom stereocenters. The summed E-state index contributed by atoms with van der Waals surface area (Å²) < 4.78 is 12.9. The van der Waals surface area contributed by atoms with Gasteiger partial charge in [-0.05, 0) is 35.2 Å². The Kier molecular flexibility index (Phi) is 3.21. The molecule has 2 aromatic carbocycles. The molecule has 100 valence electrons. The predicted octanol–water partition coefficient (Wildman–Crippen LogP) is 3.57. The van der Waals surface area contributed by atoms with Crippen molar-refractivity contribution in [2.75, 3.05) is 11.1 Å². The second-order valence-electron chi connectivity index (χ2n) is 4.58. The summed E-state index contributed by atoms with van der Waals surface area (Å²) in [5.41, 5.74) is 7.69. The third-order valence-corrected chi connectivity index (χ3v) is 3.20. The van der Waals surface area contributed by atoms with Gasteiger partial charge in [0.05, 0.1) is 0 Å². The monoisotopic (exact) mass is 267 g/mol. The third kappa shape index (κ3) is 2.40. The number of hydrogen-bond donors (Lipinski definition) is 2. The lowest BCUT2D eigenvalue weighted by Crippen LogP contribution is -2.03. The van der Waals surface area contributed by atoms with Crippen LogP contribution in [0.1, 0.15) is 5.56 Å². The van der Waals surface area contributed by atoms with Crippen LogP contribution in [0.5, 0.6) is 0 Å². The SMILES string of the molecule is Nc1cccc2ccnc(NCc3ccc(F)cc3)c12. The van der Waals surface area contributed by atoms with Gasteiger partial charge in [-0.3, -0.25) is 0 Å². The largest absolute Gasteiger partial charge is 0.398 e. The first kappa shape index (κ1) is 12.4. The number of fused-ring (bicyclic) bond motifs is 1. The summed E-state index contributed by atoms with van der Waals surface area (Å²) in [4.78, 5) is 4.34. The van der Waals surface area contributed by atoms with Gasteiger partial charge in [-0.2, -0.15) is 0 Å². The molecule has 0 unspecified atom stereocenters. The molecule has 3 rings (SSSR count). The van der Waals surface area contributed by atoms with E-state index in [2.05, 4.69) is 10.3 Å². The minimum Gasteiger partial charge on any atom is -0.398 e. The van der Waals surface area contributed by atoms with E-state index in [4.69, 9.17) is 5.73 Å². The van der Waals surface area contributed by atoms with E-state index in [9.17, 15) is 4.39 Å². The zero-order valence-electron chi connectivity index (χ0n) is 10.8. The zero-order valence-corrected chi connectivity index (χ0v) is 10.8. The highest BCUT2D eigenvalue weighted by molar-refractivity contribution is 6.00. The van der Waals surface area contributed by atoms with Crippen LogP contribution < -0.4 is 11.1 Å². The lowest BCUT2D eigenvalue weighted by Gasteiger charge is -2.10. The fourth-order valence-corrected chi connectivity index (χ4v) is 2.18. The molecule has 0 spiro atoms. The summed E-state index contributed by atoms with van der Waals surface area (Å²) >= 11 is 0. The van der Waals surface area contributed by atoms with Crippen molar-refractivity contribution < 1.29 is 4.39 Å². The Hall–Kier alpha value is -2.62. The molecule has 4 heteroatoms. The lowest BCUT2D eigenvalue weighted by atomic mass is 10.1. The Morgan fingerprint density at radius 1 is 1.05 bits per heavy atom. The van der Waals surface area contributed by atoms with Crippen LogP contribution in [-0.4, -0.2) is 4.98 Å². The molecular weight excluding hydrogens is 253 g/mol. The van der Waals surface area contributed by atoms with Gasteiger partial charge in [0, 0.05) is 23.8 Å². The van der Waals surface area contributed by atoms with Crippen molar-refractivity contribution in [3.8, 4) is 0 Å². The summed E-state index contributed by atoms with van der Waals surface area (Å²) in [6, 6.07) is 14.1. The molecule has 0 saturated carbocycles. The smallest absolute Gasteiger partial charge is 0.136 e. The van der Waals surface area contributed by atoms with Crippen LogP contribution in [-0.2, 0) is 6.54 Å². The average molecular weight is 267 g/mol. The minimum absolute atomic E-state index is 0.235. The number of halogens is 1. The number of rotatable bonds is 3. The number of nitrogens with one attached hydrogen (secondary N) is 1. The van der Waals surface area contributed by atoms with E-state index in [0.29, 0.717) is 12.2 Å². The predicted molar refractivity (Wildman–Crippen MR) is 79.9 cm³/mol. The van der Waals surface area contributed by atoms with Crippen LogP contribution in [0.15, 0.2) is 54.7 Å². The highest BCUT2D eigenvalue weighted by Crippen LogP contribution is 2.27. The Bertz CT molecular complexity index is 733. The molecule has 0 amide bonds. The van der Waals surface area contributed by atoms with E-state index in [1.807, 2.05) is 24.3 Å². The molecular formula is C16H14FN3. The van der Waals surface area contributed by atoms with Gasteiger partial charge < -0.3 is 11.1 Å². The number of nitrogens with two attached hydrogens (primary N) is 1. The second kappa shape index (κ2) is 5.17. The van der Waals surface area contributed by atoms with Crippen LogP contribution in [0.25, 0.3) is 10.8 Å². The van der Waals surface area contributed by atoms with Crippen molar-refractivity contribution in [3.63, 3.8) is 0 Å². The van der Waals surface area contributed by atoms with Crippen LogP contribution in [0, 0.1) is 5.82 Å². The molecule has 0 radical (unpaired) electrons. The van der Waals surface area contributed by atoms with Crippen LogP contribution >= 0.6 is 0 Å². The Balaban J connectivity index is 1.89. The normalized spacial score (nSPS) is 10.7. The quantitative estimate of drug-likeness (QED) is 0.713. The number of nitrogens with zero attached hydrogens (tertiary/aromatic N) is 1. The number of anilines is 2. The van der Waals surface area contributed by atoms with E-state index < -0.39 is 0 Å². The van der Waals surface area contributed by atoms with Crippen LogP contribution in [0.4, 0.5) is 15.9 Å². The maximum absolute atomic E-state index is 12.9. The van der Waals surface area contributed by atoms with Crippen LogP contribution in [0.3, 0.4) is 0 Å². The number of aromatic nitrogens is 1. The first-order valence-electron chi connectivity index (χ1n) is 6.35. The number of pyridine rings is 1. The van der Waals surface area contributed by atoms with E-state index >= 15 is 0 Å². The summed E-state index contributed by atoms with van der Waals surface area (Å²) in [5, 5.41) is 5.21. The highest BCUT2D eigenvalue weighted by atomic mass is 19.1. The first-order valence-corrected chi connectivity index (χ1v) is 6.35. The van der Waals surface area contributed by atoms with Crippen molar-refractivity contribution in [3.05, 3.63) is 66.1 Å². The fraction of sp³-hybridized carbons (Fsp3) is 0.0625. The summed E-state index contributed by atoms with van der Waals surface area (Å²) in [6.07, 6.45) is 1.74. The van der Waals surface area contributed by atoms with Crippen molar-refractivity contribution in [2.45, 2.75) is 6.54 Å². The van der Waals surface area contributed by atoms with Crippen molar-refractivity contribution >= 4 is 22.3 Å². The first-order chi connectivity index (χ1) is 9.74. The zero-order chi connectivity index (χ0) is 13.9. The molecule has 3 N–H and O–H groups in total. The van der Waals surface area contributed by atoms with E-state index in [-0.39, 0.29) is 5.82 Å². The maximum Gasteiger partial charge on any atom is 0.136 e. The van der Waals surface area contributed by atoms with Crippen LogP contribution in [0.2, 0.25) is 0 Å². The topological polar surface area (TPSA) is 50.9 Å². The lowest BCUT2D eigenvalue weighted by molar-refractivity contribution is 0.627. The highest BCUT2D eigenvalue weighted by Gasteiger charge is 2.05. The van der Waals surface area contributed by atoms with E-state index in [1.165, 1.54) is 12.1 Å². The molecule has 0 bridgehead atoms. The Morgan fingerprint density at radius 2 is 1.85 bits per heavy atom. The van der Waals surface area contributed by atoms with Gasteiger partial charge in [0.2, 0.25) is 0 Å². The summed E-state index contributed by atoms with van der Waals surface area (Å²) in [6.45, 7) is 0.570. The van der Waals surface area contributed by atoms with Gasteiger partial charge in [-0.15, -0.1) is 0 Å². The molecule has 0 fully saturated rings. The molecule has 0 aliphatic rings. The van der Waals surface area contributed by atoms with Crippen molar-refractivity contribution in [2.24, 2.45) is 0 Å². The Labute approximate surface area is 116 Å². The second-order valence-corrected chi connectivity index (χ2v) is 4.58. The molecule has 0 aliphatic carbocycles. The standard InChI is InChI=1S/C16H14FN3/c17-13-6-4-11(5-7-13)10-20-16-15-12(8-9-19-16)2-1-3-14(15)18/h1-9H,10,18H2,(H,19,20). The minimum atomic E-state index is -0.235. The van der Waals surface area contributed by atoms with Gasteiger partial charge in [0.25, 0.3) is 0 Å². The van der Waals surface area contributed by atoms with Gasteiger partial charge in [-0.25, -0.2) is 9.37 Å². The van der Waals surface area contributed by atoms with Gasteiger partial charge in [-0.1, -0.05) is 24.3 Å². The maximum atomic E-state index is 12.9. The van der Waals surface area contributed by atoms with Gasteiger partial charge in [0.1, 0.15) is 11.6 Å². The molecule has 3 nitrogen and oxygen atoms in total. The third-order valence-electron chi connectivity index (χ3n) is 3.20. The van der Waals surface area contributed by atoms with E-state index in [1.54, 1.807) is 18.3 Å². The molecule has 0 aliphatic heterocycles. The molecule has 0 saturated heterocycles. The fourth-order valence-electron chi connectivity index (χ4n) is 2.18. The number of nitrogen functional groups attached to an aromatic ring is 1. The molecule has 1 heterocycles. The summed E-state index contributed by atoms with van der Waals surface area (Å²) in [5.74, 6) is 0.506. The average Bonchev–Trinajstić information content (AvgIpc) is 2.47. The van der Waals surface area contributed by atoms with E-state index in [0.717, 1.165) is 22.2 Å². The molecule has 20 heavy (non-hydrogen) atoms. The Morgan fingerprint density at radius 3 is 2.65 bits per heavy atom. The number of benzene rings is 2. The van der Waals surface area contributed by atoms with Crippen molar-refractivity contribution in [1.82, 2.24) is 4.98 Å². The van der Waals surface area contributed by atoms with Crippen molar-refractivity contribution in [1.29, 1.82) is 0 Å². The number of hydrogen-bond acceptors (Lipinski definition) is 3. The molecule has 1 aromatic heterocycles. The van der Waals surface area contributed by atoms with Gasteiger partial charge >= 0.3 is 0 Å².